The van der Waals surface area contributed by atoms with E-state index in [9.17, 15) is 4.79 Å². The number of halogens is 1. The van der Waals surface area contributed by atoms with E-state index in [1.807, 2.05) is 39.0 Å². The van der Waals surface area contributed by atoms with Gasteiger partial charge in [-0.25, -0.2) is 4.79 Å². The normalized spacial score (nSPS) is 17.1. The third-order valence-electron chi connectivity index (χ3n) is 3.55. The number of para-hydroxylation sites is 1. The minimum Gasteiger partial charge on any atom is -0.425 e. The second kappa shape index (κ2) is 7.62. The van der Waals surface area contributed by atoms with Crippen molar-refractivity contribution in [2.75, 3.05) is 26.3 Å². The minimum atomic E-state index is -0.233. The molecule has 0 amide bonds. The number of aryl methyl sites for hydroxylation is 2. The van der Waals surface area contributed by atoms with Gasteiger partial charge in [0.1, 0.15) is 11.8 Å². The maximum atomic E-state index is 12.2. The Kier molecular flexibility index (Phi) is 6.46. The summed E-state index contributed by atoms with van der Waals surface area (Å²) in [5.74, 6) is 0.493. The Morgan fingerprint density at radius 2 is 1.80 bits per heavy atom. The van der Waals surface area contributed by atoms with Gasteiger partial charge in [0.05, 0.1) is 13.2 Å². The molecule has 0 spiro atoms. The molecule has 0 bridgehead atoms. The number of hydrogen-bond donors (Lipinski definition) is 0. The maximum Gasteiger partial charge on any atom is 0.328 e. The number of ether oxygens (including phenoxy) is 2. The van der Waals surface area contributed by atoms with Crippen LogP contribution in [-0.4, -0.2) is 43.2 Å². The summed E-state index contributed by atoms with van der Waals surface area (Å²) < 4.78 is 10.9. The topological polar surface area (TPSA) is 38.8 Å². The van der Waals surface area contributed by atoms with Crippen molar-refractivity contribution in [3.05, 3.63) is 29.3 Å². The average molecular weight is 300 g/mol. The number of carbonyl (C=O) groups is 1. The fraction of sp³-hybridized carbons (Fsp3) is 0.533. The van der Waals surface area contributed by atoms with Gasteiger partial charge in [0.2, 0.25) is 0 Å². The summed E-state index contributed by atoms with van der Waals surface area (Å²) in [7, 11) is 0. The van der Waals surface area contributed by atoms with E-state index in [1.165, 1.54) is 0 Å². The van der Waals surface area contributed by atoms with Gasteiger partial charge in [-0.2, -0.15) is 0 Å². The van der Waals surface area contributed by atoms with Gasteiger partial charge in [0, 0.05) is 13.1 Å². The van der Waals surface area contributed by atoms with Gasteiger partial charge in [0.15, 0.2) is 0 Å². The van der Waals surface area contributed by atoms with Gasteiger partial charge in [0.25, 0.3) is 0 Å². The molecular weight excluding hydrogens is 278 g/mol. The van der Waals surface area contributed by atoms with Crippen LogP contribution in [0, 0.1) is 13.8 Å². The first-order valence-corrected chi connectivity index (χ1v) is 6.69. The van der Waals surface area contributed by atoms with Crippen LogP contribution in [0.3, 0.4) is 0 Å². The van der Waals surface area contributed by atoms with Crippen LogP contribution < -0.4 is 4.74 Å². The highest BCUT2D eigenvalue weighted by atomic mass is 35.5. The number of esters is 1. The lowest BCUT2D eigenvalue weighted by Crippen LogP contribution is -2.47. The summed E-state index contributed by atoms with van der Waals surface area (Å²) in [5.41, 5.74) is 1.98. The number of morpholine rings is 1. The fourth-order valence-electron chi connectivity index (χ4n) is 2.26. The van der Waals surface area contributed by atoms with Crippen molar-refractivity contribution >= 4 is 18.4 Å². The van der Waals surface area contributed by atoms with E-state index in [1.54, 1.807) is 0 Å². The van der Waals surface area contributed by atoms with Gasteiger partial charge in [-0.15, -0.1) is 12.4 Å². The van der Waals surface area contributed by atoms with E-state index in [2.05, 4.69) is 4.90 Å². The van der Waals surface area contributed by atoms with Crippen molar-refractivity contribution in [3.63, 3.8) is 0 Å². The highest BCUT2D eigenvalue weighted by Crippen LogP contribution is 2.23. The lowest BCUT2D eigenvalue weighted by atomic mass is 10.1. The zero-order valence-electron chi connectivity index (χ0n) is 12.2. The van der Waals surface area contributed by atoms with E-state index in [4.69, 9.17) is 9.47 Å². The smallest absolute Gasteiger partial charge is 0.328 e. The zero-order chi connectivity index (χ0) is 13.8. The average Bonchev–Trinajstić information content (AvgIpc) is 2.43. The van der Waals surface area contributed by atoms with Gasteiger partial charge < -0.3 is 9.47 Å². The van der Waals surface area contributed by atoms with Crippen molar-refractivity contribution < 1.29 is 14.3 Å². The first kappa shape index (κ1) is 17.0. The number of rotatable bonds is 3. The highest BCUT2D eigenvalue weighted by Gasteiger charge is 2.25. The molecule has 4 nitrogen and oxygen atoms in total. The number of carbonyl (C=O) groups excluding carboxylic acids is 1. The summed E-state index contributed by atoms with van der Waals surface area (Å²) in [6, 6.07) is 5.64. The SMILES string of the molecule is Cc1cccc(C)c1OC(=O)C(C)N1CCOCC1.Cl. The molecule has 20 heavy (non-hydrogen) atoms. The molecule has 1 aliphatic rings. The van der Waals surface area contributed by atoms with Crippen LogP contribution in [0.1, 0.15) is 18.1 Å². The first-order chi connectivity index (χ1) is 9.09. The third kappa shape index (κ3) is 3.95. The predicted molar refractivity (Wildman–Crippen MR) is 80.7 cm³/mol. The Bertz CT molecular complexity index is 438. The molecule has 1 fully saturated rings. The third-order valence-corrected chi connectivity index (χ3v) is 3.55. The molecule has 0 aliphatic carbocycles. The monoisotopic (exact) mass is 299 g/mol. The van der Waals surface area contributed by atoms with E-state index in [0.29, 0.717) is 19.0 Å². The van der Waals surface area contributed by atoms with Gasteiger partial charge >= 0.3 is 5.97 Å². The molecule has 0 saturated carbocycles. The van der Waals surface area contributed by atoms with Gasteiger partial charge in [-0.1, -0.05) is 18.2 Å². The van der Waals surface area contributed by atoms with Crippen LogP contribution in [-0.2, 0) is 9.53 Å². The fourth-order valence-corrected chi connectivity index (χ4v) is 2.26. The lowest BCUT2D eigenvalue weighted by molar-refractivity contribution is -0.141. The largest absolute Gasteiger partial charge is 0.425 e. The Labute approximate surface area is 126 Å². The molecule has 0 aromatic heterocycles. The second-order valence-electron chi connectivity index (χ2n) is 4.97. The molecule has 112 valence electrons. The molecular formula is C15H22ClNO3. The molecule has 0 N–H and O–H groups in total. The van der Waals surface area contributed by atoms with Gasteiger partial charge in [-0.3, -0.25) is 4.90 Å². The quantitative estimate of drug-likeness (QED) is 0.634. The predicted octanol–water partition coefficient (Wildman–Crippen LogP) is 2.35. The van der Waals surface area contributed by atoms with Gasteiger partial charge in [-0.05, 0) is 31.9 Å². The van der Waals surface area contributed by atoms with E-state index >= 15 is 0 Å². The van der Waals surface area contributed by atoms with E-state index in [0.717, 1.165) is 24.2 Å². The second-order valence-corrected chi connectivity index (χ2v) is 4.97. The van der Waals surface area contributed by atoms with Crippen molar-refractivity contribution in [2.24, 2.45) is 0 Å². The summed E-state index contributed by atoms with van der Waals surface area (Å²) in [6.45, 7) is 8.72. The van der Waals surface area contributed by atoms with Crippen LogP contribution in [0.25, 0.3) is 0 Å². The van der Waals surface area contributed by atoms with E-state index in [-0.39, 0.29) is 24.4 Å². The first-order valence-electron chi connectivity index (χ1n) is 6.69. The zero-order valence-corrected chi connectivity index (χ0v) is 13.0. The van der Waals surface area contributed by atoms with Crippen LogP contribution in [0.15, 0.2) is 18.2 Å². The molecule has 1 aliphatic heterocycles. The standard InChI is InChI=1S/C15H21NO3.ClH/c1-11-5-4-6-12(2)14(11)19-15(17)13(3)16-7-9-18-10-8-16;/h4-6,13H,7-10H2,1-3H3;1H. The molecule has 1 aromatic carbocycles. The number of nitrogens with zero attached hydrogens (tertiary/aromatic N) is 1. The molecule has 5 heteroatoms. The van der Waals surface area contributed by atoms with Crippen molar-refractivity contribution in [1.29, 1.82) is 0 Å². The Hall–Kier alpha value is -1.10. The number of benzene rings is 1. The summed E-state index contributed by atoms with van der Waals surface area (Å²) in [5, 5.41) is 0. The Balaban J connectivity index is 0.00000200. The minimum absolute atomic E-state index is 0. The molecule has 2 rings (SSSR count). The molecule has 1 unspecified atom stereocenters. The lowest BCUT2D eigenvalue weighted by Gasteiger charge is -2.30. The Morgan fingerprint density at radius 3 is 2.35 bits per heavy atom. The van der Waals surface area contributed by atoms with Crippen molar-refractivity contribution in [2.45, 2.75) is 26.8 Å². The number of hydrogen-bond acceptors (Lipinski definition) is 4. The molecule has 1 atom stereocenters. The molecule has 1 aromatic rings. The molecule has 1 heterocycles. The van der Waals surface area contributed by atoms with Crippen LogP contribution in [0.2, 0.25) is 0 Å². The van der Waals surface area contributed by atoms with Crippen LogP contribution >= 0.6 is 12.4 Å². The van der Waals surface area contributed by atoms with Crippen molar-refractivity contribution in [1.82, 2.24) is 4.90 Å². The summed E-state index contributed by atoms with van der Waals surface area (Å²) >= 11 is 0. The van der Waals surface area contributed by atoms with Crippen molar-refractivity contribution in [3.8, 4) is 5.75 Å². The summed E-state index contributed by atoms with van der Waals surface area (Å²) in [6.07, 6.45) is 0. The maximum absolute atomic E-state index is 12.2. The highest BCUT2D eigenvalue weighted by molar-refractivity contribution is 5.85. The summed E-state index contributed by atoms with van der Waals surface area (Å²) in [4.78, 5) is 14.3. The van der Waals surface area contributed by atoms with Crippen LogP contribution in [0.4, 0.5) is 0 Å². The molecule has 0 radical (unpaired) electrons. The Morgan fingerprint density at radius 1 is 1.25 bits per heavy atom. The van der Waals surface area contributed by atoms with Crippen LogP contribution in [0.5, 0.6) is 5.75 Å². The molecule has 1 saturated heterocycles. The van der Waals surface area contributed by atoms with E-state index < -0.39 is 0 Å².